The van der Waals surface area contributed by atoms with Crippen molar-refractivity contribution in [1.82, 2.24) is 0 Å². The number of hydrogen-bond donors (Lipinski definition) is 0. The first-order valence-corrected chi connectivity index (χ1v) is 4.16. The predicted octanol–water partition coefficient (Wildman–Crippen LogP) is -0.277. The van der Waals surface area contributed by atoms with Crippen molar-refractivity contribution >= 4 is 59.1 Å². The van der Waals surface area contributed by atoms with Gasteiger partial charge in [-0.15, -0.1) is 0 Å². The molecule has 0 aromatic heterocycles. The van der Waals surface area contributed by atoms with Crippen LogP contribution in [0.25, 0.3) is 0 Å². The Hall–Kier alpha value is 1.75. The fourth-order valence-corrected chi connectivity index (χ4v) is 1.55. The smallest absolute Gasteiger partial charge is 1.00 e. The van der Waals surface area contributed by atoms with Gasteiger partial charge in [0, 0.05) is 22.6 Å². The number of hydrogen-bond acceptors (Lipinski definition) is 1. The first kappa shape index (κ1) is 9.75. The van der Waals surface area contributed by atoms with E-state index in [9.17, 15) is 0 Å². The second kappa shape index (κ2) is 5.53. The minimum absolute atomic E-state index is 0. The number of rotatable bonds is 0. The van der Waals surface area contributed by atoms with Gasteiger partial charge >= 0.3 is 48.9 Å². The molecule has 1 nitrogen and oxygen atoms in total. The van der Waals surface area contributed by atoms with Gasteiger partial charge < -0.3 is 7.59 Å². The van der Waals surface area contributed by atoms with Crippen LogP contribution in [-0.2, 0) is 4.74 Å². The Labute approximate surface area is 97.0 Å². The van der Waals surface area contributed by atoms with Crippen LogP contribution in [-0.4, -0.2) is 71.5 Å². The molecule has 0 aromatic rings. The molecule has 1 heterocycles. The van der Waals surface area contributed by atoms with Crippen molar-refractivity contribution in [2.45, 2.75) is 25.0 Å². The Bertz CT molecular complexity index is 61.6. The fraction of sp³-hybridized carbons (Fsp3) is 1.00. The maximum atomic E-state index is 5.34. The summed E-state index contributed by atoms with van der Waals surface area (Å²) in [6.07, 6.45) is 4.01. The maximum absolute atomic E-state index is 5.34. The third-order valence-electron chi connectivity index (χ3n) is 1.41. The van der Waals surface area contributed by atoms with E-state index in [1.54, 1.807) is 0 Å². The Morgan fingerprint density at radius 2 is 2.25 bits per heavy atom. The van der Waals surface area contributed by atoms with E-state index in [1.165, 1.54) is 29.5 Å². The quantitative estimate of drug-likeness (QED) is 0.541. The molecule has 8 heavy (non-hydrogen) atoms. The molecule has 0 N–H and O–H groups in total. The zero-order chi connectivity index (χ0) is 5.11. The summed E-state index contributed by atoms with van der Waals surface area (Å²) in [5, 5.41) is 0. The monoisotopic (exact) mass is 256 g/mol. The van der Waals surface area contributed by atoms with E-state index in [0.29, 0.717) is 5.73 Å². The van der Waals surface area contributed by atoms with Crippen molar-refractivity contribution in [3.8, 4) is 0 Å². The summed E-state index contributed by atoms with van der Waals surface area (Å²) in [6, 6.07) is 0. The first-order chi connectivity index (χ1) is 3.39. The van der Waals surface area contributed by atoms with Crippen LogP contribution in [0.2, 0.25) is 0 Å². The maximum Gasteiger partial charge on any atom is 2.00 e. The van der Waals surface area contributed by atoms with Crippen molar-refractivity contribution in [3.63, 3.8) is 0 Å². The third-order valence-corrected chi connectivity index (χ3v) is 2.32. The van der Waals surface area contributed by atoms with Crippen molar-refractivity contribution in [2.24, 2.45) is 0 Å². The molecule has 0 spiro atoms. The Kier molecular flexibility index (Phi) is 6.73. The minimum Gasteiger partial charge on any atom is -1.00 e. The summed E-state index contributed by atoms with van der Waals surface area (Å²) in [5.41, 5.74) is 0.675. The minimum atomic E-state index is 0. The van der Waals surface area contributed by atoms with Crippen LogP contribution >= 0.6 is 0 Å². The molecule has 0 radical (unpaired) electrons. The van der Waals surface area contributed by atoms with E-state index in [-0.39, 0.29) is 51.7 Å². The summed E-state index contributed by atoms with van der Waals surface area (Å²) in [6.45, 7) is 1.02. The van der Waals surface area contributed by atoms with Crippen LogP contribution in [0.1, 0.15) is 22.1 Å². The molecule has 3 heteroatoms. The zero-order valence-electron chi connectivity index (χ0n) is 7.52. The predicted molar refractivity (Wildman–Crippen MR) is 41.5 cm³/mol. The van der Waals surface area contributed by atoms with E-state index < -0.39 is 0 Å². The van der Waals surface area contributed by atoms with Crippen molar-refractivity contribution in [1.29, 1.82) is 0 Å². The summed E-state index contributed by atoms with van der Waals surface area (Å²) in [5.74, 6) is 0. The number of ether oxygens (including phenoxy) is 1. The van der Waals surface area contributed by atoms with E-state index in [1.807, 2.05) is 0 Å². The van der Waals surface area contributed by atoms with Crippen molar-refractivity contribution in [3.05, 3.63) is 0 Å². The molecule has 0 bridgehead atoms. The molecular formula is C5H14BaOSi. The van der Waals surface area contributed by atoms with Crippen LogP contribution in [0.15, 0.2) is 0 Å². The van der Waals surface area contributed by atoms with Gasteiger partial charge in [0.1, 0.15) is 0 Å². The molecule has 0 amide bonds. The second-order valence-electron chi connectivity index (χ2n) is 2.18. The Morgan fingerprint density at radius 3 is 2.50 bits per heavy atom. The van der Waals surface area contributed by atoms with Gasteiger partial charge in [0.25, 0.3) is 0 Å². The van der Waals surface area contributed by atoms with E-state index in [4.69, 9.17) is 4.74 Å². The molecule has 0 aliphatic carbocycles. The van der Waals surface area contributed by atoms with Gasteiger partial charge in [-0.2, -0.15) is 0 Å². The van der Waals surface area contributed by atoms with Gasteiger partial charge in [-0.05, 0) is 19.3 Å². The molecular weight excluding hydrogens is 241 g/mol. The largest absolute Gasteiger partial charge is 2.00 e. The standard InChI is InChI=1S/C5H12OSi.Ba.2H/c7-5-3-1-2-4-6-5;;;/h5H,1-4H2,7H3;;;/q;+2;2*-1. The molecule has 0 saturated carbocycles. The third kappa shape index (κ3) is 3.71. The molecule has 1 unspecified atom stereocenters. The van der Waals surface area contributed by atoms with E-state index in [2.05, 4.69) is 0 Å². The van der Waals surface area contributed by atoms with E-state index >= 15 is 0 Å². The first-order valence-electron chi connectivity index (χ1n) is 3.01. The summed E-state index contributed by atoms with van der Waals surface area (Å²) < 4.78 is 5.34. The van der Waals surface area contributed by atoms with Crippen LogP contribution in [0.4, 0.5) is 0 Å². The summed E-state index contributed by atoms with van der Waals surface area (Å²) >= 11 is 0. The molecule has 1 aliphatic heterocycles. The van der Waals surface area contributed by atoms with Crippen LogP contribution < -0.4 is 0 Å². The van der Waals surface area contributed by atoms with Gasteiger partial charge in [-0.25, -0.2) is 0 Å². The van der Waals surface area contributed by atoms with Gasteiger partial charge in [0.2, 0.25) is 0 Å². The molecule has 0 aromatic carbocycles. The Balaban J connectivity index is -0.000000163. The van der Waals surface area contributed by atoms with E-state index in [0.717, 1.165) is 6.61 Å². The molecule has 1 saturated heterocycles. The normalized spacial score (nSPS) is 29.2. The summed E-state index contributed by atoms with van der Waals surface area (Å²) in [4.78, 5) is 0. The molecule has 1 rings (SSSR count). The van der Waals surface area contributed by atoms with Crippen LogP contribution in [0, 0.1) is 0 Å². The molecule has 46 valence electrons. The van der Waals surface area contributed by atoms with Gasteiger partial charge in [0.15, 0.2) is 0 Å². The Morgan fingerprint density at radius 1 is 1.50 bits per heavy atom. The topological polar surface area (TPSA) is 9.23 Å². The van der Waals surface area contributed by atoms with Gasteiger partial charge in [-0.3, -0.25) is 0 Å². The van der Waals surface area contributed by atoms with Crippen LogP contribution in [0.5, 0.6) is 0 Å². The SMILES string of the molecule is [Ba+2].[H-].[H-].[SiH3]C1CCCCO1. The molecule has 1 atom stereocenters. The average Bonchev–Trinajstić information content (AvgIpc) is 1.69. The van der Waals surface area contributed by atoms with Crippen molar-refractivity contribution < 1.29 is 7.59 Å². The zero-order valence-corrected chi connectivity index (χ0v) is 12.0. The average molecular weight is 256 g/mol. The molecule has 1 aliphatic rings. The van der Waals surface area contributed by atoms with Crippen molar-refractivity contribution in [2.75, 3.05) is 6.61 Å². The van der Waals surface area contributed by atoms with Crippen LogP contribution in [0.3, 0.4) is 0 Å². The van der Waals surface area contributed by atoms with Gasteiger partial charge in [0.05, 0.1) is 0 Å². The van der Waals surface area contributed by atoms with Gasteiger partial charge in [-0.1, -0.05) is 0 Å². The second-order valence-corrected chi connectivity index (χ2v) is 3.47. The fourth-order valence-electron chi connectivity index (χ4n) is 0.902. The molecule has 1 fully saturated rings. The summed E-state index contributed by atoms with van der Waals surface area (Å²) in [7, 11) is 1.23.